The summed E-state index contributed by atoms with van der Waals surface area (Å²) in [4.78, 5) is 4.29. The molecule has 110 valence electrons. The van der Waals surface area contributed by atoms with Crippen LogP contribution in [0.2, 0.25) is 0 Å². The first-order chi connectivity index (χ1) is 8.97. The van der Waals surface area contributed by atoms with Crippen LogP contribution in [0.3, 0.4) is 0 Å². The molecule has 0 fully saturated rings. The van der Waals surface area contributed by atoms with Gasteiger partial charge < -0.3 is 5.73 Å². The summed E-state index contributed by atoms with van der Waals surface area (Å²) in [7, 11) is 0. The number of hydrogen-bond donors (Lipinski definition) is 3. The molecule has 19 heavy (non-hydrogen) atoms. The van der Waals surface area contributed by atoms with Gasteiger partial charge in [-0.1, -0.05) is 39.5 Å². The highest BCUT2D eigenvalue weighted by molar-refractivity contribution is 8.03. The van der Waals surface area contributed by atoms with Crippen LogP contribution in [0.25, 0.3) is 0 Å². The molecule has 0 aromatic heterocycles. The molecule has 0 saturated carbocycles. The Morgan fingerprint density at radius 3 is 2.53 bits per heavy atom. The molecule has 0 aromatic rings. The number of hydrazine groups is 1. The van der Waals surface area contributed by atoms with E-state index in [2.05, 4.69) is 42.8 Å². The Labute approximate surface area is 129 Å². The van der Waals surface area contributed by atoms with Crippen LogP contribution in [0.5, 0.6) is 0 Å². The normalized spacial score (nSPS) is 18.8. The average molecular weight is 324 g/mol. The van der Waals surface area contributed by atoms with E-state index in [0.29, 0.717) is 22.3 Å². The summed E-state index contributed by atoms with van der Waals surface area (Å²) in [6.45, 7) is 8.54. The van der Waals surface area contributed by atoms with Crippen molar-refractivity contribution in [2.45, 2.75) is 51.0 Å². The van der Waals surface area contributed by atoms with Crippen LogP contribution < -0.4 is 15.9 Å². The topological polar surface area (TPSA) is 65.7 Å². The molecule has 0 spiro atoms. The Kier molecular flexibility index (Phi) is 7.02. The number of rotatable bonds is 6. The van der Waals surface area contributed by atoms with E-state index < -0.39 is 0 Å². The van der Waals surface area contributed by atoms with Crippen LogP contribution in [0, 0.1) is 0 Å². The van der Waals surface area contributed by atoms with Crippen molar-refractivity contribution in [3.8, 4) is 0 Å². The molecular formula is C11H22ClN5S2. The van der Waals surface area contributed by atoms with Gasteiger partial charge in [0, 0.05) is 22.3 Å². The van der Waals surface area contributed by atoms with Gasteiger partial charge in [0.25, 0.3) is 0 Å². The fraction of sp³-hybridized carbons (Fsp3) is 0.727. The molecule has 0 aliphatic carbocycles. The third kappa shape index (κ3) is 5.24. The molecule has 1 heterocycles. The Bertz CT molecular complexity index is 361. The first kappa shape index (κ1) is 16.7. The lowest BCUT2D eigenvalue weighted by molar-refractivity contribution is 0.513. The van der Waals surface area contributed by atoms with Crippen LogP contribution >= 0.6 is 35.5 Å². The van der Waals surface area contributed by atoms with E-state index in [9.17, 15) is 0 Å². The first-order valence-electron chi connectivity index (χ1n) is 6.37. The predicted molar refractivity (Wildman–Crippen MR) is 87.3 cm³/mol. The maximum Gasteiger partial charge on any atom is 0.228 e. The zero-order chi connectivity index (χ0) is 14.4. The molecule has 2 unspecified atom stereocenters. The van der Waals surface area contributed by atoms with E-state index >= 15 is 0 Å². The molecule has 0 radical (unpaired) electrons. The van der Waals surface area contributed by atoms with E-state index in [1.54, 1.807) is 23.7 Å². The molecule has 0 saturated heterocycles. The minimum absolute atomic E-state index is 0.436. The lowest BCUT2D eigenvalue weighted by Crippen LogP contribution is -2.45. The zero-order valence-corrected chi connectivity index (χ0v) is 14.1. The van der Waals surface area contributed by atoms with Gasteiger partial charge in [-0.3, -0.25) is 10.1 Å². The second-order valence-corrected chi connectivity index (χ2v) is 7.33. The highest BCUT2D eigenvalue weighted by Gasteiger charge is 2.21. The minimum atomic E-state index is 0.436. The summed E-state index contributed by atoms with van der Waals surface area (Å²) in [5.41, 5.74) is 8.92. The van der Waals surface area contributed by atoms with Gasteiger partial charge >= 0.3 is 0 Å². The quantitative estimate of drug-likeness (QED) is 0.516. The molecule has 0 bridgehead atoms. The highest BCUT2D eigenvalue weighted by Crippen LogP contribution is 2.30. The van der Waals surface area contributed by atoms with Crippen LogP contribution in [-0.4, -0.2) is 21.0 Å². The van der Waals surface area contributed by atoms with Crippen molar-refractivity contribution >= 4 is 41.4 Å². The van der Waals surface area contributed by atoms with Gasteiger partial charge in [-0.2, -0.15) is 9.52 Å². The third-order valence-corrected chi connectivity index (χ3v) is 5.40. The number of nitrogens with zero attached hydrogens (tertiary/aromatic N) is 2. The summed E-state index contributed by atoms with van der Waals surface area (Å²) >= 11 is 9.36. The SMILES string of the molecule is CCC(C)SNC1=NC(N)=C(SC(C)CC)N(Cl)N1. The standard InChI is InChI=1S/C11H22ClN5S2/c1-5-7(3)18-10-9(13)14-11(15-17(10)12)16-19-8(4)6-2/h7-8H,5-6,13H2,1-4H3,(H2,14,15,16). The van der Waals surface area contributed by atoms with Crippen LogP contribution in [0.1, 0.15) is 40.5 Å². The number of guanidine groups is 1. The van der Waals surface area contributed by atoms with Crippen molar-refractivity contribution in [3.63, 3.8) is 0 Å². The molecular weight excluding hydrogens is 302 g/mol. The summed E-state index contributed by atoms with van der Waals surface area (Å²) < 4.78 is 4.53. The third-order valence-electron chi connectivity index (χ3n) is 2.65. The maximum atomic E-state index is 6.16. The average Bonchev–Trinajstić information content (AvgIpc) is 2.39. The number of nitrogens with one attached hydrogen (secondary N) is 2. The summed E-state index contributed by atoms with van der Waals surface area (Å²) in [6.07, 6.45) is 2.13. The van der Waals surface area contributed by atoms with Gasteiger partial charge in [0.2, 0.25) is 5.96 Å². The van der Waals surface area contributed by atoms with Crippen molar-refractivity contribution in [1.29, 1.82) is 0 Å². The number of hydrogen-bond acceptors (Lipinski definition) is 7. The summed E-state index contributed by atoms with van der Waals surface area (Å²) in [6, 6.07) is 0. The van der Waals surface area contributed by atoms with Crippen molar-refractivity contribution in [2.24, 2.45) is 10.7 Å². The number of aliphatic imine (C=N–C) groups is 1. The fourth-order valence-corrected chi connectivity index (χ4v) is 2.81. The van der Waals surface area contributed by atoms with Gasteiger partial charge in [-0.25, -0.2) is 0 Å². The van der Waals surface area contributed by atoms with E-state index in [1.807, 2.05) is 0 Å². The summed E-state index contributed by atoms with van der Waals surface area (Å²) in [5, 5.41) is 1.68. The smallest absolute Gasteiger partial charge is 0.228 e. The van der Waals surface area contributed by atoms with Gasteiger partial charge in [0.05, 0.1) is 0 Å². The Hall–Kier alpha value is -0.400. The van der Waals surface area contributed by atoms with Crippen molar-refractivity contribution in [2.75, 3.05) is 0 Å². The van der Waals surface area contributed by atoms with E-state index in [1.165, 1.54) is 4.53 Å². The van der Waals surface area contributed by atoms with E-state index in [4.69, 9.17) is 17.5 Å². The van der Waals surface area contributed by atoms with Crippen molar-refractivity contribution in [3.05, 3.63) is 10.9 Å². The lowest BCUT2D eigenvalue weighted by Gasteiger charge is -2.27. The second kappa shape index (κ2) is 8.01. The summed E-state index contributed by atoms with van der Waals surface area (Å²) in [5.74, 6) is 0.998. The zero-order valence-electron chi connectivity index (χ0n) is 11.7. The minimum Gasteiger partial charge on any atom is -0.381 e. The van der Waals surface area contributed by atoms with Gasteiger partial charge in [0.1, 0.15) is 0 Å². The largest absolute Gasteiger partial charge is 0.381 e. The van der Waals surface area contributed by atoms with Gasteiger partial charge in [0.15, 0.2) is 10.9 Å². The Balaban J connectivity index is 2.67. The maximum absolute atomic E-state index is 6.16. The second-order valence-electron chi connectivity index (χ2n) is 4.32. The predicted octanol–water partition coefficient (Wildman–Crippen LogP) is 2.97. The van der Waals surface area contributed by atoms with Crippen LogP contribution in [-0.2, 0) is 0 Å². The number of thioether (sulfide) groups is 1. The molecule has 0 amide bonds. The number of halogens is 1. The molecule has 4 N–H and O–H groups in total. The Morgan fingerprint density at radius 1 is 1.37 bits per heavy atom. The van der Waals surface area contributed by atoms with E-state index in [0.717, 1.165) is 17.9 Å². The number of nitrogens with two attached hydrogens (primary N) is 1. The van der Waals surface area contributed by atoms with Crippen molar-refractivity contribution < 1.29 is 0 Å². The van der Waals surface area contributed by atoms with E-state index in [-0.39, 0.29) is 0 Å². The molecule has 2 atom stereocenters. The molecule has 0 aromatic carbocycles. The first-order valence-corrected chi connectivity index (χ1v) is 8.46. The van der Waals surface area contributed by atoms with Gasteiger partial charge in [-0.15, -0.1) is 0 Å². The lowest BCUT2D eigenvalue weighted by atomic mass is 10.4. The molecule has 1 aliphatic rings. The van der Waals surface area contributed by atoms with Crippen LogP contribution in [0.15, 0.2) is 15.8 Å². The molecule has 8 heteroatoms. The molecule has 1 rings (SSSR count). The Morgan fingerprint density at radius 2 is 2.00 bits per heavy atom. The van der Waals surface area contributed by atoms with Gasteiger partial charge in [-0.05, 0) is 24.8 Å². The highest BCUT2D eigenvalue weighted by atomic mass is 35.5. The fourth-order valence-electron chi connectivity index (χ4n) is 1.10. The van der Waals surface area contributed by atoms with Crippen LogP contribution in [0.4, 0.5) is 0 Å². The molecule has 5 nitrogen and oxygen atoms in total. The van der Waals surface area contributed by atoms with Crippen molar-refractivity contribution in [1.82, 2.24) is 14.7 Å². The molecule has 1 aliphatic heterocycles. The monoisotopic (exact) mass is 323 g/mol.